The van der Waals surface area contributed by atoms with E-state index >= 15 is 0 Å². The van der Waals surface area contributed by atoms with Gasteiger partial charge in [0.2, 0.25) is 0 Å². The zero-order valence-corrected chi connectivity index (χ0v) is 21.2. The Bertz CT molecular complexity index is 1110. The van der Waals surface area contributed by atoms with E-state index in [2.05, 4.69) is 72.4 Å². The fourth-order valence-electron chi connectivity index (χ4n) is 2.10. The van der Waals surface area contributed by atoms with E-state index in [9.17, 15) is 0 Å². The number of hydrogen-bond donors (Lipinski definition) is 3. The van der Waals surface area contributed by atoms with E-state index in [4.69, 9.17) is 16.5 Å². The topological polar surface area (TPSA) is 133 Å². The molecule has 2 heterocycles. The van der Waals surface area contributed by atoms with Gasteiger partial charge < -0.3 is 21.1 Å². The Kier molecular flexibility index (Phi) is 11.1. The molecule has 2 aromatic carbocycles. The lowest BCUT2D eigenvalue weighted by atomic mass is 10.1. The first kappa shape index (κ1) is 25.7. The van der Waals surface area contributed by atoms with Crippen molar-refractivity contribution >= 4 is 67.1 Å². The number of aromatic nitrogens is 4. The number of rotatable bonds is 3. The summed E-state index contributed by atoms with van der Waals surface area (Å²) in [4.78, 5) is 16.0. The maximum absolute atomic E-state index is 8.17. The van der Waals surface area contributed by atoms with E-state index in [1.54, 1.807) is 24.5 Å². The molecule has 0 unspecified atom stereocenters. The first-order chi connectivity index (χ1) is 15.4. The van der Waals surface area contributed by atoms with Crippen molar-refractivity contribution in [2.45, 2.75) is 0 Å². The molecule has 1 radical (unpaired) electrons. The second kappa shape index (κ2) is 13.8. The van der Waals surface area contributed by atoms with Crippen molar-refractivity contribution in [3.8, 4) is 17.0 Å². The fourth-order valence-corrected chi connectivity index (χ4v) is 3.19. The fraction of sp³-hybridized carbons (Fsp3) is 0. The van der Waals surface area contributed by atoms with E-state index < -0.39 is 0 Å². The van der Waals surface area contributed by atoms with Crippen LogP contribution in [0.15, 0.2) is 86.9 Å². The van der Waals surface area contributed by atoms with Gasteiger partial charge >= 0.3 is 7.69 Å². The number of halogens is 3. The highest BCUT2D eigenvalue weighted by atomic mass is 79.9. The zero-order chi connectivity index (χ0) is 23.3. The minimum atomic E-state index is 0.401. The van der Waals surface area contributed by atoms with Crippen LogP contribution in [0.3, 0.4) is 0 Å². The summed E-state index contributed by atoms with van der Waals surface area (Å²) in [5, 5.41) is 8.17. The molecule has 4 aromatic rings. The maximum Gasteiger partial charge on any atom is 0.569 e. The van der Waals surface area contributed by atoms with Crippen molar-refractivity contribution in [1.82, 2.24) is 19.9 Å². The van der Waals surface area contributed by atoms with Gasteiger partial charge in [-0.05, 0) is 59.9 Å². The van der Waals surface area contributed by atoms with Crippen LogP contribution in [0, 0.1) is 0 Å². The van der Waals surface area contributed by atoms with Gasteiger partial charge in [0.05, 0.1) is 18.1 Å². The molecule has 5 N–H and O–H groups in total. The molecular formula is C20H17BBr3N6O2. The normalized spacial score (nSPS) is 9.50. The second-order valence-corrected chi connectivity index (χ2v) is 8.07. The summed E-state index contributed by atoms with van der Waals surface area (Å²) in [6.45, 7) is 0. The number of nitrogens with two attached hydrogens (primary N) is 2. The largest absolute Gasteiger partial charge is 0.569 e. The lowest BCUT2D eigenvalue weighted by Gasteiger charge is -2.03. The van der Waals surface area contributed by atoms with Gasteiger partial charge in [0.15, 0.2) is 5.82 Å². The highest BCUT2D eigenvalue weighted by Gasteiger charge is 2.05. The predicted octanol–water partition coefficient (Wildman–Crippen LogP) is 4.66. The Balaban J connectivity index is 0.000000178. The molecule has 8 nitrogen and oxygen atoms in total. The second-order valence-electron chi connectivity index (χ2n) is 5.70. The van der Waals surface area contributed by atoms with Crippen LogP contribution in [0.5, 0.6) is 5.75 Å². The van der Waals surface area contributed by atoms with E-state index in [1.165, 1.54) is 0 Å². The zero-order valence-electron chi connectivity index (χ0n) is 16.4. The summed E-state index contributed by atoms with van der Waals surface area (Å²) < 4.78 is 6.56. The van der Waals surface area contributed by atoms with Gasteiger partial charge in [0, 0.05) is 5.56 Å². The van der Waals surface area contributed by atoms with Gasteiger partial charge in [-0.2, -0.15) is 0 Å². The average molecular weight is 624 g/mol. The lowest BCUT2D eigenvalue weighted by molar-refractivity contribution is 0.454. The van der Waals surface area contributed by atoms with Gasteiger partial charge in [-0.25, -0.2) is 19.9 Å². The average Bonchev–Trinajstić information content (AvgIpc) is 2.81. The van der Waals surface area contributed by atoms with Crippen molar-refractivity contribution in [1.29, 1.82) is 0 Å². The molecule has 0 aliphatic heterocycles. The molecule has 2 aromatic heterocycles. The Labute approximate surface area is 211 Å². The lowest BCUT2D eigenvalue weighted by Crippen LogP contribution is -1.98. The molecular weight excluding hydrogens is 607 g/mol. The molecule has 0 aliphatic rings. The smallest absolute Gasteiger partial charge is 0.537 e. The van der Waals surface area contributed by atoms with Crippen LogP contribution in [0.25, 0.3) is 11.3 Å². The molecule has 0 spiro atoms. The number of nitrogen functional groups attached to an aromatic ring is 2. The predicted molar refractivity (Wildman–Crippen MR) is 136 cm³/mol. The summed E-state index contributed by atoms with van der Waals surface area (Å²) in [6, 6.07) is 18.8. The van der Waals surface area contributed by atoms with Gasteiger partial charge in [-0.1, -0.05) is 48.5 Å². The third-order valence-electron chi connectivity index (χ3n) is 3.48. The third kappa shape index (κ3) is 8.91. The summed E-state index contributed by atoms with van der Waals surface area (Å²) in [5.41, 5.74) is 12.8. The Morgan fingerprint density at radius 1 is 0.750 bits per heavy atom. The highest BCUT2D eigenvalue weighted by Crippen LogP contribution is 2.22. The Hall–Kier alpha value is -2.54. The molecule has 0 saturated heterocycles. The highest BCUT2D eigenvalue weighted by molar-refractivity contribution is 9.11. The van der Waals surface area contributed by atoms with Gasteiger partial charge in [0.1, 0.15) is 25.3 Å². The molecule has 0 fully saturated rings. The number of nitrogens with zero attached hydrogens (tertiary/aromatic N) is 4. The van der Waals surface area contributed by atoms with Crippen LogP contribution in [0.4, 0.5) is 11.6 Å². The first-order valence-corrected chi connectivity index (χ1v) is 11.2. The van der Waals surface area contributed by atoms with E-state index in [1.807, 2.05) is 48.5 Å². The number of hydrogen-bond acceptors (Lipinski definition) is 8. The monoisotopic (exact) mass is 621 g/mol. The maximum atomic E-state index is 8.17. The summed E-state index contributed by atoms with van der Waals surface area (Å²) in [5.74, 6) is 1.48. The minimum absolute atomic E-state index is 0.401. The molecule has 163 valence electrons. The molecule has 0 bridgehead atoms. The van der Waals surface area contributed by atoms with Crippen molar-refractivity contribution in [3.63, 3.8) is 0 Å². The quantitative estimate of drug-likeness (QED) is 0.281. The van der Waals surface area contributed by atoms with Gasteiger partial charge in [-0.15, -0.1) is 0 Å². The van der Waals surface area contributed by atoms with E-state index in [0.717, 1.165) is 5.56 Å². The SMILES string of the molecule is Nc1ncc(Br)nc1-c1ccccc1.Nc1ncc(Br)nc1Br.O[B]Oc1ccccc1. The number of benzene rings is 2. The van der Waals surface area contributed by atoms with Crippen molar-refractivity contribution < 1.29 is 9.68 Å². The minimum Gasteiger partial charge on any atom is -0.537 e. The van der Waals surface area contributed by atoms with E-state index in [0.29, 0.717) is 44.6 Å². The molecule has 0 aliphatic carbocycles. The number of para-hydroxylation sites is 1. The first-order valence-electron chi connectivity index (χ1n) is 8.85. The summed E-state index contributed by atoms with van der Waals surface area (Å²) >= 11 is 9.52. The van der Waals surface area contributed by atoms with Crippen molar-refractivity contribution in [2.24, 2.45) is 0 Å². The van der Waals surface area contributed by atoms with Crippen LogP contribution < -0.4 is 16.1 Å². The molecule has 0 atom stereocenters. The summed E-state index contributed by atoms with van der Waals surface area (Å²) in [6.07, 6.45) is 3.13. The molecule has 0 saturated carbocycles. The van der Waals surface area contributed by atoms with Crippen molar-refractivity contribution in [3.05, 3.63) is 86.9 Å². The molecule has 4 rings (SSSR count). The Morgan fingerprint density at radius 2 is 1.28 bits per heavy atom. The third-order valence-corrected chi connectivity index (χ3v) is 4.82. The number of anilines is 2. The molecule has 0 amide bonds. The van der Waals surface area contributed by atoms with Crippen LogP contribution in [0.1, 0.15) is 0 Å². The molecule has 12 heteroatoms. The van der Waals surface area contributed by atoms with E-state index in [-0.39, 0.29) is 0 Å². The Morgan fingerprint density at radius 3 is 1.81 bits per heavy atom. The van der Waals surface area contributed by atoms with Crippen molar-refractivity contribution in [2.75, 3.05) is 11.5 Å². The van der Waals surface area contributed by atoms with Crippen LogP contribution in [0.2, 0.25) is 0 Å². The van der Waals surface area contributed by atoms with Crippen LogP contribution in [-0.4, -0.2) is 32.6 Å². The standard InChI is InChI=1S/C10H8BrN3.C6H6BO2.C4H3Br2N3/c11-8-6-13-10(12)9(14-8)7-4-2-1-3-5-7;8-7-9-6-4-2-1-3-5-6;5-2-1-8-4(7)3(6)9-2/h1-6H,(H2,12,13);1-5,8H;1H,(H2,7,8). The van der Waals surface area contributed by atoms with Gasteiger partial charge in [0.25, 0.3) is 0 Å². The summed E-state index contributed by atoms with van der Waals surface area (Å²) in [7, 11) is 0.662. The van der Waals surface area contributed by atoms with Crippen LogP contribution >= 0.6 is 47.8 Å². The molecule has 32 heavy (non-hydrogen) atoms. The van der Waals surface area contributed by atoms with Gasteiger partial charge in [-0.3, -0.25) is 0 Å². The van der Waals surface area contributed by atoms with Crippen LogP contribution in [-0.2, 0) is 0 Å².